The van der Waals surface area contributed by atoms with Crippen molar-refractivity contribution in [3.63, 3.8) is 0 Å². The molecule has 0 bridgehead atoms. The number of hydrogen-bond acceptors (Lipinski definition) is 3. The fraction of sp³-hybridized carbons (Fsp3) is 0.261. The standard InChI is InChI=1S/C23H25FN2O2/c1-25(14-17-5-4-6-21(24)12-17)16-23(27)26(2)15-18-7-8-20-13-22(28-3)10-9-19(20)11-18/h4-13H,14-16H2,1-3H3. The van der Waals surface area contributed by atoms with Crippen molar-refractivity contribution in [3.8, 4) is 5.75 Å². The van der Waals surface area contributed by atoms with E-state index < -0.39 is 0 Å². The molecule has 0 N–H and O–H groups in total. The van der Waals surface area contributed by atoms with Crippen molar-refractivity contribution in [2.45, 2.75) is 13.1 Å². The number of halogens is 1. The van der Waals surface area contributed by atoms with Crippen LogP contribution in [0.2, 0.25) is 0 Å². The van der Waals surface area contributed by atoms with Crippen molar-refractivity contribution in [1.29, 1.82) is 0 Å². The number of hydrogen-bond donors (Lipinski definition) is 0. The van der Waals surface area contributed by atoms with E-state index in [4.69, 9.17) is 4.74 Å². The summed E-state index contributed by atoms with van der Waals surface area (Å²) in [4.78, 5) is 16.2. The lowest BCUT2D eigenvalue weighted by atomic mass is 10.1. The molecule has 5 heteroatoms. The number of methoxy groups -OCH3 is 1. The fourth-order valence-electron chi connectivity index (χ4n) is 3.22. The Morgan fingerprint density at radius 3 is 2.39 bits per heavy atom. The SMILES string of the molecule is COc1ccc2cc(CN(C)C(=O)CN(C)Cc3cccc(F)c3)ccc2c1. The first kappa shape index (κ1) is 19.8. The zero-order valence-electron chi connectivity index (χ0n) is 16.5. The number of carbonyl (C=O) groups excluding carboxylic acids is 1. The Morgan fingerprint density at radius 1 is 0.929 bits per heavy atom. The second kappa shape index (κ2) is 8.85. The predicted molar refractivity (Wildman–Crippen MR) is 110 cm³/mol. The lowest BCUT2D eigenvalue weighted by molar-refractivity contribution is -0.131. The van der Waals surface area contributed by atoms with Gasteiger partial charge in [0.15, 0.2) is 0 Å². The lowest BCUT2D eigenvalue weighted by Gasteiger charge is -2.22. The molecule has 28 heavy (non-hydrogen) atoms. The zero-order valence-corrected chi connectivity index (χ0v) is 16.5. The van der Waals surface area contributed by atoms with Crippen molar-refractivity contribution in [2.24, 2.45) is 0 Å². The van der Waals surface area contributed by atoms with Crippen LogP contribution in [0, 0.1) is 5.82 Å². The molecule has 146 valence electrons. The number of carbonyl (C=O) groups is 1. The minimum absolute atomic E-state index is 0.0220. The minimum atomic E-state index is -0.261. The van der Waals surface area contributed by atoms with Crippen molar-refractivity contribution in [1.82, 2.24) is 9.80 Å². The van der Waals surface area contributed by atoms with Crippen LogP contribution in [0.5, 0.6) is 5.75 Å². The lowest BCUT2D eigenvalue weighted by Crippen LogP contribution is -2.36. The van der Waals surface area contributed by atoms with Crippen LogP contribution in [-0.4, -0.2) is 43.5 Å². The average Bonchev–Trinajstić information content (AvgIpc) is 2.67. The molecule has 0 radical (unpaired) electrons. The van der Waals surface area contributed by atoms with Crippen molar-refractivity contribution < 1.29 is 13.9 Å². The molecule has 0 saturated carbocycles. The minimum Gasteiger partial charge on any atom is -0.497 e. The summed E-state index contributed by atoms with van der Waals surface area (Å²) in [6, 6.07) is 18.6. The van der Waals surface area contributed by atoms with Gasteiger partial charge in [0.1, 0.15) is 11.6 Å². The molecule has 0 aliphatic heterocycles. The van der Waals surface area contributed by atoms with Gasteiger partial charge in [-0.05, 0) is 59.3 Å². The predicted octanol–water partition coefficient (Wildman–Crippen LogP) is 4.08. The summed E-state index contributed by atoms with van der Waals surface area (Å²) in [5.41, 5.74) is 1.92. The number of fused-ring (bicyclic) bond motifs is 1. The van der Waals surface area contributed by atoms with Crippen molar-refractivity contribution in [3.05, 3.63) is 77.6 Å². The number of nitrogens with zero attached hydrogens (tertiary/aromatic N) is 2. The molecule has 3 aromatic carbocycles. The molecule has 0 aliphatic carbocycles. The third kappa shape index (κ3) is 5.08. The molecule has 0 atom stereocenters. The Kier molecular flexibility index (Phi) is 6.26. The summed E-state index contributed by atoms with van der Waals surface area (Å²) < 4.78 is 18.6. The molecule has 0 fully saturated rings. The number of ether oxygens (including phenoxy) is 1. The van der Waals surface area contributed by atoms with E-state index in [0.717, 1.165) is 27.6 Å². The molecule has 0 unspecified atom stereocenters. The maximum absolute atomic E-state index is 13.3. The van der Waals surface area contributed by atoms with E-state index in [9.17, 15) is 9.18 Å². The van der Waals surface area contributed by atoms with Crippen LogP contribution in [0.25, 0.3) is 10.8 Å². The van der Waals surface area contributed by atoms with Crippen molar-refractivity contribution >= 4 is 16.7 Å². The number of rotatable bonds is 7. The average molecular weight is 380 g/mol. The van der Waals surface area contributed by atoms with Gasteiger partial charge in [-0.15, -0.1) is 0 Å². The van der Waals surface area contributed by atoms with Gasteiger partial charge in [0, 0.05) is 20.1 Å². The monoisotopic (exact) mass is 380 g/mol. The summed E-state index contributed by atoms with van der Waals surface area (Å²) in [5.74, 6) is 0.589. The normalized spacial score (nSPS) is 11.0. The summed E-state index contributed by atoms with van der Waals surface area (Å²) in [7, 11) is 5.32. The molecule has 0 aliphatic rings. The van der Waals surface area contributed by atoms with Crippen LogP contribution < -0.4 is 4.74 Å². The van der Waals surface area contributed by atoms with Gasteiger partial charge < -0.3 is 9.64 Å². The van der Waals surface area contributed by atoms with Gasteiger partial charge in [-0.25, -0.2) is 4.39 Å². The maximum Gasteiger partial charge on any atom is 0.236 e. The van der Waals surface area contributed by atoms with E-state index in [0.29, 0.717) is 13.1 Å². The highest BCUT2D eigenvalue weighted by Crippen LogP contribution is 2.22. The van der Waals surface area contributed by atoms with E-state index >= 15 is 0 Å². The first-order valence-electron chi connectivity index (χ1n) is 9.18. The van der Waals surface area contributed by atoms with Gasteiger partial charge in [-0.1, -0.05) is 30.3 Å². The van der Waals surface area contributed by atoms with Crippen LogP contribution in [0.4, 0.5) is 4.39 Å². The molecule has 0 spiro atoms. The molecule has 0 aromatic heterocycles. The molecular formula is C23H25FN2O2. The highest BCUT2D eigenvalue weighted by atomic mass is 19.1. The zero-order chi connectivity index (χ0) is 20.1. The second-order valence-corrected chi connectivity index (χ2v) is 7.10. The van der Waals surface area contributed by atoms with Gasteiger partial charge in [0.05, 0.1) is 13.7 Å². The van der Waals surface area contributed by atoms with Gasteiger partial charge in [-0.2, -0.15) is 0 Å². The van der Waals surface area contributed by atoms with E-state index in [2.05, 4.69) is 6.07 Å². The Morgan fingerprint density at radius 2 is 1.64 bits per heavy atom. The van der Waals surface area contributed by atoms with Gasteiger partial charge in [0.2, 0.25) is 5.91 Å². The fourth-order valence-corrected chi connectivity index (χ4v) is 3.22. The molecule has 0 saturated heterocycles. The van der Waals surface area contributed by atoms with Gasteiger partial charge in [0.25, 0.3) is 0 Å². The number of likely N-dealkylation sites (N-methyl/N-ethyl adjacent to an activating group) is 2. The molecule has 0 heterocycles. The van der Waals surface area contributed by atoms with E-state index in [1.807, 2.05) is 48.3 Å². The summed E-state index contributed by atoms with van der Waals surface area (Å²) >= 11 is 0. The number of benzene rings is 3. The third-order valence-corrected chi connectivity index (χ3v) is 4.70. The smallest absolute Gasteiger partial charge is 0.236 e. The maximum atomic E-state index is 13.3. The molecule has 3 rings (SSSR count). The van der Waals surface area contributed by atoms with Crippen LogP contribution in [-0.2, 0) is 17.9 Å². The summed E-state index contributed by atoms with van der Waals surface area (Å²) in [5, 5.41) is 2.22. The van der Waals surface area contributed by atoms with Gasteiger partial charge in [-0.3, -0.25) is 9.69 Å². The molecule has 1 amide bonds. The topological polar surface area (TPSA) is 32.8 Å². The van der Waals surface area contributed by atoms with E-state index in [1.54, 1.807) is 25.1 Å². The first-order chi connectivity index (χ1) is 13.4. The summed E-state index contributed by atoms with van der Waals surface area (Å²) in [6.07, 6.45) is 0. The van der Waals surface area contributed by atoms with Gasteiger partial charge >= 0.3 is 0 Å². The first-order valence-corrected chi connectivity index (χ1v) is 9.18. The molecular weight excluding hydrogens is 355 g/mol. The van der Waals surface area contributed by atoms with Crippen LogP contribution in [0.3, 0.4) is 0 Å². The second-order valence-electron chi connectivity index (χ2n) is 7.10. The third-order valence-electron chi connectivity index (χ3n) is 4.70. The Bertz CT molecular complexity index is 974. The van der Waals surface area contributed by atoms with Crippen LogP contribution in [0.15, 0.2) is 60.7 Å². The van der Waals surface area contributed by atoms with E-state index in [-0.39, 0.29) is 18.3 Å². The highest BCUT2D eigenvalue weighted by Gasteiger charge is 2.13. The highest BCUT2D eigenvalue weighted by molar-refractivity contribution is 5.84. The summed E-state index contributed by atoms with van der Waals surface area (Å²) in [6.45, 7) is 1.33. The molecule has 3 aromatic rings. The Hall–Kier alpha value is -2.92. The van der Waals surface area contributed by atoms with Crippen LogP contribution in [0.1, 0.15) is 11.1 Å². The van der Waals surface area contributed by atoms with Crippen LogP contribution >= 0.6 is 0 Å². The largest absolute Gasteiger partial charge is 0.497 e. The molecule has 4 nitrogen and oxygen atoms in total. The Labute approximate surface area is 165 Å². The van der Waals surface area contributed by atoms with Crippen molar-refractivity contribution in [2.75, 3.05) is 27.7 Å². The quantitative estimate of drug-likeness (QED) is 0.619. The van der Waals surface area contributed by atoms with E-state index in [1.165, 1.54) is 12.1 Å². The Balaban J connectivity index is 1.59. The number of amides is 1.